The summed E-state index contributed by atoms with van der Waals surface area (Å²) in [6, 6.07) is 15.0. The highest BCUT2D eigenvalue weighted by atomic mass is 16.6. The first-order valence-corrected chi connectivity index (χ1v) is 10.0. The number of nitrogens with zero attached hydrogens (tertiary/aromatic N) is 2. The second kappa shape index (κ2) is 8.24. The molecule has 0 aliphatic carbocycles. The van der Waals surface area contributed by atoms with E-state index in [2.05, 4.69) is 57.6 Å². The van der Waals surface area contributed by atoms with E-state index in [-0.39, 0.29) is 6.04 Å². The molecule has 1 saturated heterocycles. The monoisotopic (exact) mass is 391 g/mol. The van der Waals surface area contributed by atoms with Crippen LogP contribution in [0.15, 0.2) is 61.2 Å². The van der Waals surface area contributed by atoms with Gasteiger partial charge in [-0.15, -0.1) is 0 Å². The fraction of sp³-hybridized carbons (Fsp3) is 0.318. The van der Waals surface area contributed by atoms with Crippen molar-refractivity contribution in [2.45, 2.75) is 12.6 Å². The lowest BCUT2D eigenvalue weighted by atomic mass is 9.94. The zero-order valence-corrected chi connectivity index (χ0v) is 16.2. The topological polar surface area (TPSA) is 72.4 Å². The summed E-state index contributed by atoms with van der Waals surface area (Å²) in [5, 5.41) is 3.60. The molecule has 0 amide bonds. The molecule has 7 heteroatoms. The summed E-state index contributed by atoms with van der Waals surface area (Å²) >= 11 is 0. The van der Waals surface area contributed by atoms with Crippen molar-refractivity contribution in [1.82, 2.24) is 25.7 Å². The van der Waals surface area contributed by atoms with E-state index >= 15 is 0 Å². The Hall–Kier alpha value is -2.87. The van der Waals surface area contributed by atoms with Crippen LogP contribution >= 0.6 is 0 Å². The molecule has 2 aromatic carbocycles. The van der Waals surface area contributed by atoms with Gasteiger partial charge in [-0.2, -0.15) is 0 Å². The van der Waals surface area contributed by atoms with Gasteiger partial charge >= 0.3 is 0 Å². The van der Waals surface area contributed by atoms with Gasteiger partial charge in [-0.1, -0.05) is 18.2 Å². The molecule has 5 rings (SSSR count). The Bertz CT molecular complexity index is 942. The van der Waals surface area contributed by atoms with E-state index in [1.807, 2.05) is 23.2 Å². The van der Waals surface area contributed by atoms with Crippen molar-refractivity contribution in [1.29, 1.82) is 0 Å². The summed E-state index contributed by atoms with van der Waals surface area (Å²) in [4.78, 5) is 4.09. The van der Waals surface area contributed by atoms with Crippen molar-refractivity contribution in [3.8, 4) is 17.2 Å². The van der Waals surface area contributed by atoms with Crippen molar-refractivity contribution in [3.05, 3.63) is 72.3 Å². The summed E-state index contributed by atoms with van der Waals surface area (Å²) in [5.74, 6) is 2.12. The first-order chi connectivity index (χ1) is 14.4. The summed E-state index contributed by atoms with van der Waals surface area (Å²) in [7, 11) is 0. The van der Waals surface area contributed by atoms with E-state index < -0.39 is 0 Å². The molecule has 2 atom stereocenters. The molecule has 7 nitrogen and oxygen atoms in total. The molecule has 3 heterocycles. The Kier molecular flexibility index (Phi) is 5.17. The normalized spacial score (nSPS) is 20.7. The standard InChI is InChI=1S/C22H25N5O2/c1-4-19(27-8-7-23-15-27)5-2-16(1)12-24-13-18-14-25-26-22(18)17-3-6-20-21(11-17)29-10-9-28-20/h1-8,11,15,18,22,24-26H,9-10,12-14H2. The first-order valence-electron chi connectivity index (χ1n) is 10.0. The maximum Gasteiger partial charge on any atom is 0.161 e. The molecule has 3 N–H and O–H groups in total. The number of hydrogen-bond donors (Lipinski definition) is 3. The minimum atomic E-state index is 0.238. The highest BCUT2D eigenvalue weighted by molar-refractivity contribution is 5.45. The molecule has 1 fully saturated rings. The number of hydrazine groups is 1. The Balaban J connectivity index is 1.18. The van der Waals surface area contributed by atoms with Crippen molar-refractivity contribution >= 4 is 0 Å². The lowest BCUT2D eigenvalue weighted by molar-refractivity contribution is 0.171. The van der Waals surface area contributed by atoms with E-state index in [1.54, 1.807) is 6.20 Å². The van der Waals surface area contributed by atoms with Gasteiger partial charge in [-0.25, -0.2) is 10.4 Å². The van der Waals surface area contributed by atoms with Crippen molar-refractivity contribution in [2.24, 2.45) is 5.92 Å². The summed E-state index contributed by atoms with van der Waals surface area (Å²) < 4.78 is 13.4. The molecule has 2 aliphatic rings. The van der Waals surface area contributed by atoms with E-state index in [4.69, 9.17) is 9.47 Å². The lowest BCUT2D eigenvalue weighted by Crippen LogP contribution is -2.28. The van der Waals surface area contributed by atoms with Gasteiger partial charge in [0.25, 0.3) is 0 Å². The third-order valence-electron chi connectivity index (χ3n) is 5.49. The molecule has 0 radical (unpaired) electrons. The number of aromatic nitrogens is 2. The highest BCUT2D eigenvalue weighted by Crippen LogP contribution is 2.35. The Morgan fingerprint density at radius 3 is 2.76 bits per heavy atom. The van der Waals surface area contributed by atoms with E-state index in [1.165, 1.54) is 11.1 Å². The van der Waals surface area contributed by atoms with Gasteiger partial charge in [0.15, 0.2) is 11.5 Å². The van der Waals surface area contributed by atoms with Crippen LogP contribution in [0.3, 0.4) is 0 Å². The Morgan fingerprint density at radius 1 is 1.07 bits per heavy atom. The molecule has 3 aromatic rings. The van der Waals surface area contributed by atoms with Crippen LogP contribution in [0, 0.1) is 5.92 Å². The Morgan fingerprint density at radius 2 is 1.93 bits per heavy atom. The van der Waals surface area contributed by atoms with Gasteiger partial charge in [0.2, 0.25) is 0 Å². The fourth-order valence-corrected chi connectivity index (χ4v) is 3.93. The van der Waals surface area contributed by atoms with Crippen molar-refractivity contribution < 1.29 is 9.47 Å². The smallest absolute Gasteiger partial charge is 0.161 e. The van der Waals surface area contributed by atoms with Gasteiger partial charge in [0, 0.05) is 43.6 Å². The maximum atomic E-state index is 5.74. The predicted octanol–water partition coefficient (Wildman–Crippen LogP) is 2.20. The molecular weight excluding hydrogens is 366 g/mol. The molecule has 1 aromatic heterocycles. The molecule has 0 saturated carbocycles. The SMILES string of the molecule is c1cn(-c2ccc(CNCC3CNNC3c3ccc4c(c3)OCCO4)cc2)cn1. The fourth-order valence-electron chi connectivity index (χ4n) is 3.93. The summed E-state index contributed by atoms with van der Waals surface area (Å²) in [6.07, 6.45) is 5.55. The van der Waals surface area contributed by atoms with Crippen LogP contribution in [0.2, 0.25) is 0 Å². The minimum Gasteiger partial charge on any atom is -0.486 e. The van der Waals surface area contributed by atoms with E-state index in [0.29, 0.717) is 19.1 Å². The lowest BCUT2D eigenvalue weighted by Gasteiger charge is -2.23. The number of imidazole rings is 1. The number of hydrogen-bond acceptors (Lipinski definition) is 6. The van der Waals surface area contributed by atoms with Crippen LogP contribution in [-0.4, -0.2) is 35.9 Å². The number of rotatable bonds is 6. The van der Waals surface area contributed by atoms with Crippen molar-refractivity contribution in [2.75, 3.05) is 26.3 Å². The zero-order chi connectivity index (χ0) is 19.5. The van der Waals surface area contributed by atoms with Crippen LogP contribution < -0.4 is 25.6 Å². The molecule has 150 valence electrons. The van der Waals surface area contributed by atoms with Crippen molar-refractivity contribution in [3.63, 3.8) is 0 Å². The number of fused-ring (bicyclic) bond motifs is 1. The van der Waals surface area contributed by atoms with Crippen LogP contribution in [0.4, 0.5) is 0 Å². The van der Waals surface area contributed by atoms with E-state index in [0.717, 1.165) is 36.8 Å². The molecule has 2 aliphatic heterocycles. The second-order valence-electron chi connectivity index (χ2n) is 7.43. The van der Waals surface area contributed by atoms with Gasteiger partial charge in [0.1, 0.15) is 13.2 Å². The largest absolute Gasteiger partial charge is 0.486 e. The molecular formula is C22H25N5O2. The van der Waals surface area contributed by atoms with Crippen LogP contribution in [0.5, 0.6) is 11.5 Å². The quantitative estimate of drug-likeness (QED) is 0.598. The average Bonchev–Trinajstić information content (AvgIpc) is 3.46. The van der Waals surface area contributed by atoms with Gasteiger partial charge in [0.05, 0.1) is 12.4 Å². The second-order valence-corrected chi connectivity index (χ2v) is 7.43. The number of benzene rings is 2. The molecule has 29 heavy (non-hydrogen) atoms. The molecule has 2 unspecified atom stereocenters. The maximum absolute atomic E-state index is 5.74. The summed E-state index contributed by atoms with van der Waals surface area (Å²) in [5.41, 5.74) is 10.3. The van der Waals surface area contributed by atoms with Gasteiger partial charge in [-0.05, 0) is 35.4 Å². The van der Waals surface area contributed by atoms with Gasteiger partial charge in [-0.3, -0.25) is 5.43 Å². The summed E-state index contributed by atoms with van der Waals surface area (Å²) in [6.45, 7) is 3.91. The van der Waals surface area contributed by atoms with Gasteiger partial charge < -0.3 is 19.4 Å². The first kappa shape index (κ1) is 18.2. The third-order valence-corrected chi connectivity index (χ3v) is 5.49. The zero-order valence-electron chi connectivity index (χ0n) is 16.2. The average molecular weight is 391 g/mol. The van der Waals surface area contributed by atoms with Crippen LogP contribution in [0.1, 0.15) is 17.2 Å². The number of nitrogens with one attached hydrogen (secondary N) is 3. The molecule has 0 bridgehead atoms. The Labute approximate surface area is 170 Å². The van der Waals surface area contributed by atoms with Crippen LogP contribution in [0.25, 0.3) is 5.69 Å². The van der Waals surface area contributed by atoms with E-state index in [9.17, 15) is 0 Å². The third kappa shape index (κ3) is 3.98. The highest BCUT2D eigenvalue weighted by Gasteiger charge is 2.29. The predicted molar refractivity (Wildman–Crippen MR) is 110 cm³/mol. The molecule has 0 spiro atoms. The minimum absolute atomic E-state index is 0.238. The number of ether oxygens (including phenoxy) is 2. The van der Waals surface area contributed by atoms with Crippen LogP contribution in [-0.2, 0) is 6.54 Å².